The molecule has 0 aliphatic carbocycles. The van der Waals surface area contributed by atoms with Crippen LogP contribution in [0.1, 0.15) is 21.6 Å². The molecule has 0 saturated carbocycles. The van der Waals surface area contributed by atoms with Crippen molar-refractivity contribution in [2.75, 3.05) is 11.1 Å². The van der Waals surface area contributed by atoms with Crippen LogP contribution in [-0.4, -0.2) is 15.9 Å². The molecule has 0 spiro atoms. The van der Waals surface area contributed by atoms with E-state index in [0.29, 0.717) is 16.5 Å². The van der Waals surface area contributed by atoms with Crippen LogP contribution in [0.4, 0.5) is 10.9 Å². The zero-order chi connectivity index (χ0) is 15.0. The third-order valence-corrected chi connectivity index (χ3v) is 3.85. The van der Waals surface area contributed by atoms with Crippen molar-refractivity contribution in [2.45, 2.75) is 13.8 Å². The molecule has 6 heteroatoms. The highest BCUT2D eigenvalue weighted by molar-refractivity contribution is 7.22. The average molecular weight is 298 g/mol. The standard InChI is InChI=1S/C15H14N4OS/c1-8-5-9(2)17-13(6-8)19-14(20)10-3-4-11-12(7-10)21-15(16)18-11/h3-7H,1-2H3,(H2,16,18)(H,17,19,20). The number of aryl methyl sites for hydroxylation is 2. The number of nitrogens with two attached hydrogens (primary N) is 1. The normalized spacial score (nSPS) is 10.8. The number of aromatic nitrogens is 2. The molecule has 0 fully saturated rings. The van der Waals surface area contributed by atoms with Crippen LogP contribution in [0.2, 0.25) is 0 Å². The molecule has 0 atom stereocenters. The lowest BCUT2D eigenvalue weighted by atomic mass is 10.2. The van der Waals surface area contributed by atoms with Crippen LogP contribution in [0.5, 0.6) is 0 Å². The van der Waals surface area contributed by atoms with E-state index in [0.717, 1.165) is 21.5 Å². The molecule has 0 aliphatic heterocycles. The lowest BCUT2D eigenvalue weighted by molar-refractivity contribution is 0.102. The maximum Gasteiger partial charge on any atom is 0.256 e. The molecule has 3 N–H and O–H groups in total. The second-order valence-electron chi connectivity index (χ2n) is 4.86. The molecule has 2 aromatic heterocycles. The van der Waals surface area contributed by atoms with Crippen LogP contribution in [0.15, 0.2) is 30.3 Å². The first-order chi connectivity index (χ1) is 10.0. The van der Waals surface area contributed by atoms with Crippen LogP contribution in [0.25, 0.3) is 10.2 Å². The number of carbonyl (C=O) groups is 1. The van der Waals surface area contributed by atoms with Gasteiger partial charge < -0.3 is 11.1 Å². The number of amides is 1. The number of nitrogens with zero attached hydrogens (tertiary/aromatic N) is 2. The molecular weight excluding hydrogens is 284 g/mol. The van der Waals surface area contributed by atoms with Crippen molar-refractivity contribution in [2.24, 2.45) is 0 Å². The maximum absolute atomic E-state index is 12.3. The number of rotatable bonds is 2. The predicted octanol–water partition coefficient (Wildman–Crippen LogP) is 3.14. The van der Waals surface area contributed by atoms with E-state index in [9.17, 15) is 4.79 Å². The highest BCUT2D eigenvalue weighted by Crippen LogP contribution is 2.25. The van der Waals surface area contributed by atoms with Gasteiger partial charge in [-0.15, -0.1) is 0 Å². The summed E-state index contributed by atoms with van der Waals surface area (Å²) in [5, 5.41) is 3.31. The molecule has 21 heavy (non-hydrogen) atoms. The van der Waals surface area contributed by atoms with Gasteiger partial charge in [-0.1, -0.05) is 11.3 Å². The number of carbonyl (C=O) groups excluding carboxylic acids is 1. The van der Waals surface area contributed by atoms with Gasteiger partial charge in [0.05, 0.1) is 10.2 Å². The van der Waals surface area contributed by atoms with Gasteiger partial charge in [-0.05, 0) is 49.7 Å². The molecule has 0 unspecified atom stereocenters. The van der Waals surface area contributed by atoms with E-state index in [-0.39, 0.29) is 5.91 Å². The minimum Gasteiger partial charge on any atom is -0.375 e. The highest BCUT2D eigenvalue weighted by atomic mass is 32.1. The Morgan fingerprint density at radius 1 is 1.19 bits per heavy atom. The summed E-state index contributed by atoms with van der Waals surface area (Å²) in [7, 11) is 0. The van der Waals surface area contributed by atoms with Gasteiger partial charge in [0.2, 0.25) is 0 Å². The van der Waals surface area contributed by atoms with Crippen molar-refractivity contribution in [1.29, 1.82) is 0 Å². The first kappa shape index (κ1) is 13.5. The Balaban J connectivity index is 1.89. The Kier molecular flexibility index (Phi) is 3.31. The number of hydrogen-bond donors (Lipinski definition) is 2. The van der Waals surface area contributed by atoms with Gasteiger partial charge in [0.25, 0.3) is 5.91 Å². The predicted molar refractivity (Wildman–Crippen MR) is 85.7 cm³/mol. The first-order valence-electron chi connectivity index (χ1n) is 6.44. The van der Waals surface area contributed by atoms with E-state index >= 15 is 0 Å². The van der Waals surface area contributed by atoms with Gasteiger partial charge in [-0.25, -0.2) is 9.97 Å². The minimum absolute atomic E-state index is 0.193. The second kappa shape index (κ2) is 5.14. The number of fused-ring (bicyclic) bond motifs is 1. The summed E-state index contributed by atoms with van der Waals surface area (Å²) < 4.78 is 0.897. The topological polar surface area (TPSA) is 80.9 Å². The van der Waals surface area contributed by atoms with Gasteiger partial charge in [-0.2, -0.15) is 0 Å². The molecule has 3 rings (SSSR count). The number of anilines is 2. The highest BCUT2D eigenvalue weighted by Gasteiger charge is 2.10. The van der Waals surface area contributed by atoms with Crippen LogP contribution < -0.4 is 11.1 Å². The van der Waals surface area contributed by atoms with Crippen molar-refractivity contribution in [1.82, 2.24) is 9.97 Å². The van der Waals surface area contributed by atoms with Gasteiger partial charge in [0.15, 0.2) is 5.13 Å². The molecule has 3 aromatic rings. The summed E-state index contributed by atoms with van der Waals surface area (Å²) in [5.41, 5.74) is 8.97. The molecule has 0 bridgehead atoms. The summed E-state index contributed by atoms with van der Waals surface area (Å²) in [6.45, 7) is 3.87. The van der Waals surface area contributed by atoms with Crippen molar-refractivity contribution >= 4 is 38.4 Å². The van der Waals surface area contributed by atoms with Crippen LogP contribution in [0, 0.1) is 13.8 Å². The van der Waals surface area contributed by atoms with Crippen LogP contribution >= 0.6 is 11.3 Å². The van der Waals surface area contributed by atoms with Gasteiger partial charge in [0, 0.05) is 11.3 Å². The van der Waals surface area contributed by atoms with E-state index in [2.05, 4.69) is 15.3 Å². The number of nitrogens with one attached hydrogen (secondary N) is 1. The van der Waals surface area contributed by atoms with Crippen LogP contribution in [0.3, 0.4) is 0 Å². The smallest absolute Gasteiger partial charge is 0.256 e. The number of benzene rings is 1. The van der Waals surface area contributed by atoms with Gasteiger partial charge >= 0.3 is 0 Å². The fourth-order valence-electron chi connectivity index (χ4n) is 2.18. The third-order valence-electron chi connectivity index (χ3n) is 3.01. The van der Waals surface area contributed by atoms with Crippen molar-refractivity contribution in [3.63, 3.8) is 0 Å². The number of nitrogen functional groups attached to an aromatic ring is 1. The third kappa shape index (κ3) is 2.85. The Bertz CT molecular complexity index is 821. The monoisotopic (exact) mass is 298 g/mol. The van der Waals surface area contributed by atoms with Crippen molar-refractivity contribution in [3.8, 4) is 0 Å². The largest absolute Gasteiger partial charge is 0.375 e. The fourth-order valence-corrected chi connectivity index (χ4v) is 2.95. The van der Waals surface area contributed by atoms with E-state index in [4.69, 9.17) is 5.73 Å². The Hall–Kier alpha value is -2.47. The number of pyridine rings is 1. The first-order valence-corrected chi connectivity index (χ1v) is 7.25. The maximum atomic E-state index is 12.3. The lowest BCUT2D eigenvalue weighted by Crippen LogP contribution is -2.13. The molecule has 0 saturated heterocycles. The summed E-state index contributed by atoms with van der Waals surface area (Å²) in [5.74, 6) is 0.364. The van der Waals surface area contributed by atoms with E-state index in [1.165, 1.54) is 11.3 Å². The molecule has 1 amide bonds. The Morgan fingerprint density at radius 3 is 2.76 bits per heavy atom. The van der Waals surface area contributed by atoms with Gasteiger partial charge in [0.1, 0.15) is 5.82 Å². The van der Waals surface area contributed by atoms with E-state index in [1.54, 1.807) is 18.2 Å². The summed E-state index contributed by atoms with van der Waals surface area (Å²) in [6, 6.07) is 9.13. The molecule has 1 aromatic carbocycles. The quantitative estimate of drug-likeness (QED) is 0.761. The number of hydrogen-bond acceptors (Lipinski definition) is 5. The van der Waals surface area contributed by atoms with Crippen molar-refractivity contribution in [3.05, 3.63) is 47.2 Å². The SMILES string of the molecule is Cc1cc(C)nc(NC(=O)c2ccc3nc(N)sc3c2)c1. The fraction of sp³-hybridized carbons (Fsp3) is 0.133. The van der Waals surface area contributed by atoms with Crippen molar-refractivity contribution < 1.29 is 4.79 Å². The average Bonchev–Trinajstić information content (AvgIpc) is 2.76. The second-order valence-corrected chi connectivity index (χ2v) is 5.92. The molecule has 5 nitrogen and oxygen atoms in total. The molecule has 0 radical (unpaired) electrons. The number of thiazole rings is 1. The minimum atomic E-state index is -0.193. The molecule has 106 valence electrons. The van der Waals surface area contributed by atoms with E-state index < -0.39 is 0 Å². The van der Waals surface area contributed by atoms with Gasteiger partial charge in [-0.3, -0.25) is 4.79 Å². The Morgan fingerprint density at radius 2 is 2.00 bits per heavy atom. The molecular formula is C15H14N4OS. The molecule has 2 heterocycles. The van der Waals surface area contributed by atoms with Crippen LogP contribution in [-0.2, 0) is 0 Å². The summed E-state index contributed by atoms with van der Waals surface area (Å²) >= 11 is 1.37. The lowest BCUT2D eigenvalue weighted by Gasteiger charge is -2.06. The summed E-state index contributed by atoms with van der Waals surface area (Å²) in [6.07, 6.45) is 0. The summed E-state index contributed by atoms with van der Waals surface area (Å²) in [4.78, 5) is 20.8. The Labute approximate surface area is 125 Å². The zero-order valence-corrected chi connectivity index (χ0v) is 12.5. The zero-order valence-electron chi connectivity index (χ0n) is 11.7. The van der Waals surface area contributed by atoms with E-state index in [1.807, 2.05) is 26.0 Å². The molecule has 0 aliphatic rings.